The summed E-state index contributed by atoms with van der Waals surface area (Å²) in [7, 11) is 0. The van der Waals surface area contributed by atoms with Gasteiger partial charge in [-0.15, -0.1) is 0 Å². The zero-order valence-corrected chi connectivity index (χ0v) is 12.0. The van der Waals surface area contributed by atoms with Gasteiger partial charge < -0.3 is 15.7 Å². The monoisotopic (exact) mass is 262 g/mol. The fourth-order valence-electron chi connectivity index (χ4n) is 2.80. The molecule has 1 aromatic rings. The van der Waals surface area contributed by atoms with Gasteiger partial charge in [-0.3, -0.25) is 0 Å². The molecule has 4 unspecified atom stereocenters. The van der Waals surface area contributed by atoms with Crippen LogP contribution in [0.1, 0.15) is 31.9 Å². The Bertz CT molecular complexity index is 382. The van der Waals surface area contributed by atoms with E-state index in [1.165, 1.54) is 5.56 Å². The fraction of sp³-hybridized carbons (Fsp3) is 0.625. The number of β-amino-alcohol motifs (C(OH)–C–C–N with tert-alkyl or cyclic N) is 1. The van der Waals surface area contributed by atoms with Gasteiger partial charge in [0.1, 0.15) is 0 Å². The van der Waals surface area contributed by atoms with Crippen LogP contribution in [0.25, 0.3) is 0 Å². The Morgan fingerprint density at radius 1 is 1.37 bits per heavy atom. The second kappa shape index (κ2) is 6.51. The van der Waals surface area contributed by atoms with Crippen LogP contribution in [-0.4, -0.2) is 35.7 Å². The summed E-state index contributed by atoms with van der Waals surface area (Å²) in [4.78, 5) is 2.35. The van der Waals surface area contributed by atoms with Crippen molar-refractivity contribution in [3.05, 3.63) is 35.9 Å². The number of aliphatic hydroxyl groups is 1. The van der Waals surface area contributed by atoms with Gasteiger partial charge in [0.2, 0.25) is 0 Å². The maximum Gasteiger partial charge on any atom is 0.0693 e. The first-order chi connectivity index (χ1) is 9.08. The van der Waals surface area contributed by atoms with E-state index in [9.17, 15) is 5.11 Å². The highest BCUT2D eigenvalue weighted by Gasteiger charge is 2.26. The molecule has 0 spiro atoms. The normalized spacial score (nSPS) is 28.0. The van der Waals surface area contributed by atoms with Crippen molar-refractivity contribution in [2.75, 3.05) is 19.6 Å². The number of piperidine rings is 1. The molecule has 3 heteroatoms. The van der Waals surface area contributed by atoms with E-state index in [4.69, 9.17) is 5.73 Å². The molecule has 0 saturated carbocycles. The lowest BCUT2D eigenvalue weighted by atomic mass is 9.92. The first-order valence-corrected chi connectivity index (χ1v) is 7.29. The van der Waals surface area contributed by atoms with E-state index < -0.39 is 0 Å². The van der Waals surface area contributed by atoms with Crippen LogP contribution in [0.5, 0.6) is 0 Å². The van der Waals surface area contributed by atoms with Crippen molar-refractivity contribution >= 4 is 0 Å². The van der Waals surface area contributed by atoms with E-state index >= 15 is 0 Å². The average Bonchev–Trinajstić information content (AvgIpc) is 2.43. The zero-order chi connectivity index (χ0) is 13.8. The Labute approximate surface area is 116 Å². The molecule has 3 N–H and O–H groups in total. The van der Waals surface area contributed by atoms with E-state index in [-0.39, 0.29) is 12.1 Å². The molecule has 0 aromatic heterocycles. The standard InChI is InChI=1S/C16H26N2O/c1-12-8-9-18(11-15(12)19)10-13(2)16(17)14-6-4-3-5-7-14/h3-7,12-13,15-16,19H,8-11,17H2,1-2H3. The summed E-state index contributed by atoms with van der Waals surface area (Å²) in [5.74, 6) is 0.817. The molecule has 1 saturated heterocycles. The van der Waals surface area contributed by atoms with Crippen LogP contribution in [0.4, 0.5) is 0 Å². The lowest BCUT2D eigenvalue weighted by molar-refractivity contribution is 0.0224. The highest BCUT2D eigenvalue weighted by Crippen LogP contribution is 2.23. The van der Waals surface area contributed by atoms with Gasteiger partial charge in [0.25, 0.3) is 0 Å². The van der Waals surface area contributed by atoms with Crippen LogP contribution in [0.2, 0.25) is 0 Å². The number of aliphatic hydroxyl groups excluding tert-OH is 1. The van der Waals surface area contributed by atoms with Gasteiger partial charge in [-0.2, -0.15) is 0 Å². The molecular weight excluding hydrogens is 236 g/mol. The Morgan fingerprint density at radius 3 is 2.68 bits per heavy atom. The topological polar surface area (TPSA) is 49.5 Å². The predicted molar refractivity (Wildman–Crippen MR) is 78.8 cm³/mol. The van der Waals surface area contributed by atoms with Gasteiger partial charge >= 0.3 is 0 Å². The van der Waals surface area contributed by atoms with Crippen LogP contribution in [0.3, 0.4) is 0 Å². The van der Waals surface area contributed by atoms with Crippen molar-refractivity contribution in [3.8, 4) is 0 Å². The van der Waals surface area contributed by atoms with E-state index in [0.29, 0.717) is 11.8 Å². The third kappa shape index (κ3) is 3.78. The lowest BCUT2D eigenvalue weighted by Crippen LogP contribution is -2.45. The average molecular weight is 262 g/mol. The third-order valence-corrected chi connectivity index (χ3v) is 4.35. The largest absolute Gasteiger partial charge is 0.392 e. The highest BCUT2D eigenvalue weighted by atomic mass is 16.3. The summed E-state index contributed by atoms with van der Waals surface area (Å²) in [5, 5.41) is 9.94. The maximum atomic E-state index is 9.94. The molecule has 1 aromatic carbocycles. The number of likely N-dealkylation sites (tertiary alicyclic amines) is 1. The van der Waals surface area contributed by atoms with Crippen LogP contribution >= 0.6 is 0 Å². The Kier molecular flexibility index (Phi) is 4.97. The van der Waals surface area contributed by atoms with Crippen molar-refractivity contribution in [1.29, 1.82) is 0 Å². The highest BCUT2D eigenvalue weighted by molar-refractivity contribution is 5.19. The van der Waals surface area contributed by atoms with Gasteiger partial charge in [-0.05, 0) is 30.4 Å². The van der Waals surface area contributed by atoms with E-state index in [2.05, 4.69) is 30.9 Å². The summed E-state index contributed by atoms with van der Waals surface area (Å²) < 4.78 is 0. The fourth-order valence-corrected chi connectivity index (χ4v) is 2.80. The second-order valence-electron chi connectivity index (χ2n) is 6.01. The molecule has 0 aliphatic carbocycles. The SMILES string of the molecule is CC1CCN(CC(C)C(N)c2ccccc2)CC1O. The number of nitrogens with zero attached hydrogens (tertiary/aromatic N) is 1. The number of hydrogen-bond donors (Lipinski definition) is 2. The van der Waals surface area contributed by atoms with Crippen molar-refractivity contribution in [2.45, 2.75) is 32.4 Å². The molecule has 0 bridgehead atoms. The smallest absolute Gasteiger partial charge is 0.0693 e. The molecule has 3 nitrogen and oxygen atoms in total. The molecule has 1 aliphatic heterocycles. The summed E-state index contributed by atoms with van der Waals surface area (Å²) in [5.41, 5.74) is 7.52. The van der Waals surface area contributed by atoms with Crippen LogP contribution in [0.15, 0.2) is 30.3 Å². The molecule has 1 fully saturated rings. The molecule has 106 valence electrons. The summed E-state index contributed by atoms with van der Waals surface area (Å²) >= 11 is 0. The van der Waals surface area contributed by atoms with Gasteiger partial charge in [0.05, 0.1) is 6.10 Å². The van der Waals surface area contributed by atoms with E-state index in [0.717, 1.165) is 26.1 Å². The molecular formula is C16H26N2O. The van der Waals surface area contributed by atoms with Crippen LogP contribution < -0.4 is 5.73 Å². The molecule has 4 atom stereocenters. The molecule has 1 heterocycles. The number of hydrogen-bond acceptors (Lipinski definition) is 3. The van der Waals surface area contributed by atoms with Crippen molar-refractivity contribution in [1.82, 2.24) is 4.90 Å². The maximum absolute atomic E-state index is 9.94. The Hall–Kier alpha value is -0.900. The van der Waals surface area contributed by atoms with Crippen molar-refractivity contribution in [2.24, 2.45) is 17.6 Å². The Morgan fingerprint density at radius 2 is 2.05 bits per heavy atom. The minimum atomic E-state index is -0.186. The molecule has 1 aliphatic rings. The molecule has 0 amide bonds. The molecule has 19 heavy (non-hydrogen) atoms. The molecule has 2 rings (SSSR count). The Balaban J connectivity index is 1.89. The summed E-state index contributed by atoms with van der Waals surface area (Å²) in [6.45, 7) is 7.14. The minimum absolute atomic E-state index is 0.0673. The quantitative estimate of drug-likeness (QED) is 0.873. The van der Waals surface area contributed by atoms with Gasteiger partial charge in [0.15, 0.2) is 0 Å². The number of benzene rings is 1. The number of nitrogens with two attached hydrogens (primary N) is 1. The van der Waals surface area contributed by atoms with E-state index in [1.807, 2.05) is 18.2 Å². The minimum Gasteiger partial charge on any atom is -0.392 e. The summed E-state index contributed by atoms with van der Waals surface area (Å²) in [6, 6.07) is 10.3. The van der Waals surface area contributed by atoms with E-state index in [1.54, 1.807) is 0 Å². The van der Waals surface area contributed by atoms with Crippen LogP contribution in [-0.2, 0) is 0 Å². The second-order valence-corrected chi connectivity index (χ2v) is 6.01. The third-order valence-electron chi connectivity index (χ3n) is 4.35. The lowest BCUT2D eigenvalue weighted by Gasteiger charge is -2.36. The number of rotatable bonds is 4. The first-order valence-electron chi connectivity index (χ1n) is 7.29. The molecule has 0 radical (unpaired) electrons. The predicted octanol–water partition coefficient (Wildman–Crippen LogP) is 2.03. The van der Waals surface area contributed by atoms with Crippen molar-refractivity contribution < 1.29 is 5.11 Å². The first kappa shape index (κ1) is 14.5. The zero-order valence-electron chi connectivity index (χ0n) is 12.0. The van der Waals surface area contributed by atoms with Gasteiger partial charge in [-0.25, -0.2) is 0 Å². The van der Waals surface area contributed by atoms with Gasteiger partial charge in [0, 0.05) is 19.1 Å². The van der Waals surface area contributed by atoms with Gasteiger partial charge in [-0.1, -0.05) is 44.2 Å². The van der Waals surface area contributed by atoms with Crippen LogP contribution in [0, 0.1) is 11.8 Å². The summed E-state index contributed by atoms with van der Waals surface area (Å²) in [6.07, 6.45) is 0.892. The van der Waals surface area contributed by atoms with Crippen molar-refractivity contribution in [3.63, 3.8) is 0 Å².